The zero-order valence-corrected chi connectivity index (χ0v) is 18.8. The summed E-state index contributed by atoms with van der Waals surface area (Å²) < 4.78 is 41.9. The third kappa shape index (κ3) is 5.09. The van der Waals surface area contributed by atoms with Gasteiger partial charge in [-0.25, -0.2) is 13.4 Å². The van der Waals surface area contributed by atoms with Crippen LogP contribution in [0.1, 0.15) is 15.4 Å². The molecule has 1 N–H and O–H groups in total. The second-order valence-electron chi connectivity index (χ2n) is 6.59. The lowest BCUT2D eigenvalue weighted by Crippen LogP contribution is -2.43. The minimum absolute atomic E-state index is 0.0293. The van der Waals surface area contributed by atoms with Gasteiger partial charge in [-0.05, 0) is 25.1 Å². The number of aromatic nitrogens is 1. The van der Waals surface area contributed by atoms with Crippen molar-refractivity contribution in [1.29, 1.82) is 0 Å². The summed E-state index contributed by atoms with van der Waals surface area (Å²) in [6.45, 7) is 3.26. The van der Waals surface area contributed by atoms with E-state index in [1.807, 2.05) is 6.07 Å². The maximum atomic E-state index is 12.6. The standard InChI is InChI=1S/C19H25N3O6S2/c1-13-17(18(23)20-6-11-30(24,25)22-7-9-28-10-8-22)29-19(21-13)14-4-5-15(26-2)16(12-14)27-3/h4-5,12H,6-11H2,1-3H3,(H,20,23). The minimum atomic E-state index is -3.42. The van der Waals surface area contributed by atoms with Crippen LogP contribution in [0.25, 0.3) is 10.6 Å². The number of nitrogens with one attached hydrogen (secondary N) is 1. The van der Waals surface area contributed by atoms with Crippen molar-refractivity contribution in [2.45, 2.75) is 6.92 Å². The molecule has 30 heavy (non-hydrogen) atoms. The molecule has 0 aliphatic carbocycles. The van der Waals surface area contributed by atoms with E-state index in [4.69, 9.17) is 14.2 Å². The molecule has 2 aromatic rings. The van der Waals surface area contributed by atoms with Crippen LogP contribution in [-0.4, -0.2) is 76.4 Å². The largest absolute Gasteiger partial charge is 0.493 e. The van der Waals surface area contributed by atoms with Crippen molar-refractivity contribution in [3.8, 4) is 22.1 Å². The molecule has 1 aliphatic rings. The zero-order valence-electron chi connectivity index (χ0n) is 17.1. The van der Waals surface area contributed by atoms with Gasteiger partial charge >= 0.3 is 0 Å². The van der Waals surface area contributed by atoms with Gasteiger partial charge in [-0.2, -0.15) is 4.31 Å². The number of methoxy groups -OCH3 is 2. The highest BCUT2D eigenvalue weighted by atomic mass is 32.2. The number of ether oxygens (including phenoxy) is 3. The molecule has 9 nitrogen and oxygen atoms in total. The van der Waals surface area contributed by atoms with E-state index in [-0.39, 0.29) is 18.2 Å². The molecule has 0 radical (unpaired) electrons. The van der Waals surface area contributed by atoms with Crippen LogP contribution < -0.4 is 14.8 Å². The molecule has 3 rings (SSSR count). The topological polar surface area (TPSA) is 107 Å². The van der Waals surface area contributed by atoms with Gasteiger partial charge in [0.2, 0.25) is 10.0 Å². The van der Waals surface area contributed by atoms with E-state index in [1.165, 1.54) is 15.6 Å². The molecule has 0 unspecified atom stereocenters. The summed E-state index contributed by atoms with van der Waals surface area (Å²) in [6, 6.07) is 5.42. The average molecular weight is 456 g/mol. The molecule has 0 spiro atoms. The number of thiazole rings is 1. The number of hydrogen-bond acceptors (Lipinski definition) is 8. The van der Waals surface area contributed by atoms with Crippen molar-refractivity contribution < 1.29 is 27.4 Å². The van der Waals surface area contributed by atoms with Gasteiger partial charge in [0.1, 0.15) is 9.88 Å². The highest BCUT2D eigenvalue weighted by molar-refractivity contribution is 7.89. The molecule has 164 valence electrons. The fourth-order valence-corrected chi connectivity index (χ4v) is 5.33. The van der Waals surface area contributed by atoms with Gasteiger partial charge in [-0.15, -0.1) is 11.3 Å². The van der Waals surface area contributed by atoms with Gasteiger partial charge in [-0.3, -0.25) is 4.79 Å². The van der Waals surface area contributed by atoms with Crippen LogP contribution in [0.15, 0.2) is 18.2 Å². The summed E-state index contributed by atoms with van der Waals surface area (Å²) in [5.41, 5.74) is 1.38. The Morgan fingerprint density at radius 1 is 1.23 bits per heavy atom. The van der Waals surface area contributed by atoms with Crippen molar-refractivity contribution in [3.63, 3.8) is 0 Å². The molecule has 1 aromatic carbocycles. The molecule has 2 heterocycles. The molecule has 1 aromatic heterocycles. The van der Waals surface area contributed by atoms with Gasteiger partial charge < -0.3 is 19.5 Å². The molecular formula is C19H25N3O6S2. The number of rotatable bonds is 8. The third-order valence-corrected chi connectivity index (χ3v) is 7.72. The Labute approximate surface area is 180 Å². The van der Waals surface area contributed by atoms with E-state index in [1.54, 1.807) is 33.3 Å². The quantitative estimate of drug-likeness (QED) is 0.643. The van der Waals surface area contributed by atoms with Crippen molar-refractivity contribution in [3.05, 3.63) is 28.8 Å². The Balaban J connectivity index is 1.65. The molecule has 0 bridgehead atoms. The molecule has 0 atom stereocenters. The first-order chi connectivity index (χ1) is 14.4. The molecule has 11 heteroatoms. The summed E-state index contributed by atoms with van der Waals surface area (Å²) >= 11 is 1.24. The average Bonchev–Trinajstić information content (AvgIpc) is 3.15. The number of aryl methyl sites for hydroxylation is 1. The van der Waals surface area contributed by atoms with Gasteiger partial charge in [0.05, 0.1) is 38.9 Å². The summed E-state index contributed by atoms with van der Waals surface area (Å²) in [5.74, 6) is 0.684. The molecule has 1 fully saturated rings. The number of carbonyl (C=O) groups is 1. The van der Waals surface area contributed by atoms with Crippen LogP contribution in [0.4, 0.5) is 0 Å². The van der Waals surface area contributed by atoms with Crippen LogP contribution in [-0.2, 0) is 14.8 Å². The summed E-state index contributed by atoms with van der Waals surface area (Å²) in [7, 11) is -0.306. The Kier molecular flexibility index (Phi) is 7.29. The number of morpholine rings is 1. The molecular weight excluding hydrogens is 430 g/mol. The van der Waals surface area contributed by atoms with Crippen molar-refractivity contribution in [1.82, 2.24) is 14.6 Å². The van der Waals surface area contributed by atoms with Crippen molar-refractivity contribution in [2.24, 2.45) is 0 Å². The molecule has 0 saturated carbocycles. The highest BCUT2D eigenvalue weighted by Gasteiger charge is 2.24. The highest BCUT2D eigenvalue weighted by Crippen LogP contribution is 2.34. The maximum absolute atomic E-state index is 12.6. The summed E-state index contributed by atoms with van der Waals surface area (Å²) in [4.78, 5) is 17.5. The molecule has 1 saturated heterocycles. The van der Waals surface area contributed by atoms with Gasteiger partial charge in [0.15, 0.2) is 11.5 Å². The smallest absolute Gasteiger partial charge is 0.263 e. The van der Waals surface area contributed by atoms with Crippen LogP contribution in [0.3, 0.4) is 0 Å². The lowest BCUT2D eigenvalue weighted by molar-refractivity contribution is 0.0730. The second-order valence-corrected chi connectivity index (χ2v) is 9.67. The van der Waals surface area contributed by atoms with E-state index in [2.05, 4.69) is 10.3 Å². The zero-order chi connectivity index (χ0) is 21.7. The van der Waals surface area contributed by atoms with Gasteiger partial charge in [0, 0.05) is 25.2 Å². The normalized spacial score (nSPS) is 15.0. The maximum Gasteiger partial charge on any atom is 0.263 e. The first-order valence-electron chi connectivity index (χ1n) is 9.39. The van der Waals surface area contributed by atoms with Crippen molar-refractivity contribution in [2.75, 3.05) is 52.8 Å². The van der Waals surface area contributed by atoms with Crippen LogP contribution in [0, 0.1) is 6.92 Å². The van der Waals surface area contributed by atoms with E-state index in [9.17, 15) is 13.2 Å². The van der Waals surface area contributed by atoms with Gasteiger partial charge in [0.25, 0.3) is 5.91 Å². The predicted molar refractivity (Wildman–Crippen MR) is 114 cm³/mol. The molecule has 1 amide bonds. The van der Waals surface area contributed by atoms with E-state index < -0.39 is 10.0 Å². The Bertz CT molecular complexity index is 1000. The Hall–Kier alpha value is -2.21. The van der Waals surface area contributed by atoms with Crippen LogP contribution in [0.2, 0.25) is 0 Å². The van der Waals surface area contributed by atoms with Crippen molar-refractivity contribution >= 4 is 27.3 Å². The van der Waals surface area contributed by atoms with Gasteiger partial charge in [-0.1, -0.05) is 0 Å². The second kappa shape index (κ2) is 9.73. The lowest BCUT2D eigenvalue weighted by atomic mass is 10.2. The fourth-order valence-electron chi connectivity index (χ4n) is 3.03. The fraction of sp³-hybridized carbons (Fsp3) is 0.474. The minimum Gasteiger partial charge on any atom is -0.493 e. The number of sulfonamides is 1. The Morgan fingerprint density at radius 3 is 2.60 bits per heavy atom. The lowest BCUT2D eigenvalue weighted by Gasteiger charge is -2.26. The SMILES string of the molecule is COc1ccc(-c2nc(C)c(C(=O)NCCS(=O)(=O)N3CCOCC3)s2)cc1OC. The van der Waals surface area contributed by atoms with Crippen LogP contribution in [0.5, 0.6) is 11.5 Å². The monoisotopic (exact) mass is 455 g/mol. The summed E-state index contributed by atoms with van der Waals surface area (Å²) in [5, 5.41) is 3.36. The predicted octanol–water partition coefficient (Wildman–Crippen LogP) is 1.53. The third-order valence-electron chi connectivity index (χ3n) is 4.64. The number of benzene rings is 1. The molecule has 1 aliphatic heterocycles. The van der Waals surface area contributed by atoms with E-state index in [0.717, 1.165) is 5.56 Å². The summed E-state index contributed by atoms with van der Waals surface area (Å²) in [6.07, 6.45) is 0. The van der Waals surface area contributed by atoms with E-state index >= 15 is 0 Å². The number of carbonyl (C=O) groups excluding carboxylic acids is 1. The Morgan fingerprint density at radius 2 is 1.93 bits per heavy atom. The number of amides is 1. The number of hydrogen-bond donors (Lipinski definition) is 1. The van der Waals surface area contributed by atoms with Crippen LogP contribution >= 0.6 is 11.3 Å². The first kappa shape index (κ1) is 22.5. The first-order valence-corrected chi connectivity index (χ1v) is 11.8. The number of nitrogens with zero attached hydrogens (tertiary/aromatic N) is 2. The van der Waals surface area contributed by atoms with E-state index in [0.29, 0.717) is 53.4 Å².